The highest BCUT2D eigenvalue weighted by Crippen LogP contribution is 2.20. The molecule has 1 aromatic heterocycles. The van der Waals surface area contributed by atoms with Gasteiger partial charge in [0, 0.05) is 18.5 Å². The largest absolute Gasteiger partial charge is 0.462 e. The van der Waals surface area contributed by atoms with E-state index in [-0.39, 0.29) is 18.7 Å². The van der Waals surface area contributed by atoms with Crippen LogP contribution in [0.15, 0.2) is 6.20 Å². The van der Waals surface area contributed by atoms with Gasteiger partial charge >= 0.3 is 12.0 Å². The lowest BCUT2D eigenvalue weighted by Gasteiger charge is -2.12. The van der Waals surface area contributed by atoms with E-state index in [0.717, 1.165) is 6.42 Å². The molecule has 1 atom stereocenters. The second-order valence-corrected chi connectivity index (χ2v) is 4.58. The molecule has 1 saturated heterocycles. The van der Waals surface area contributed by atoms with E-state index in [4.69, 9.17) is 9.47 Å². The number of urea groups is 1. The number of aromatic amines is 1. The Balaban J connectivity index is 2.01. The minimum absolute atomic E-state index is 0.0149. The van der Waals surface area contributed by atoms with Gasteiger partial charge in [-0.1, -0.05) is 0 Å². The van der Waals surface area contributed by atoms with Crippen molar-refractivity contribution in [2.24, 2.45) is 0 Å². The summed E-state index contributed by atoms with van der Waals surface area (Å²) in [6, 6.07) is -0.342. The molecule has 110 valence electrons. The summed E-state index contributed by atoms with van der Waals surface area (Å²) >= 11 is 0. The van der Waals surface area contributed by atoms with Crippen LogP contribution in [0.5, 0.6) is 0 Å². The minimum atomic E-state index is -0.453. The number of hydrogen-bond donors (Lipinski definition) is 3. The quantitative estimate of drug-likeness (QED) is 0.727. The molecule has 2 heterocycles. The highest BCUT2D eigenvalue weighted by Gasteiger charge is 2.21. The first-order chi connectivity index (χ1) is 9.61. The van der Waals surface area contributed by atoms with Crippen LogP contribution in [0, 0.1) is 6.92 Å². The number of rotatable bonds is 4. The number of carbonyl (C=O) groups excluding carboxylic acids is 2. The maximum absolute atomic E-state index is 11.9. The summed E-state index contributed by atoms with van der Waals surface area (Å²) in [6.45, 7) is 4.95. The average Bonchev–Trinajstić information content (AvgIpc) is 3.00. The van der Waals surface area contributed by atoms with Crippen molar-refractivity contribution in [3.63, 3.8) is 0 Å². The molecule has 0 aromatic carbocycles. The Kier molecular flexibility index (Phi) is 4.62. The zero-order chi connectivity index (χ0) is 14.5. The third kappa shape index (κ3) is 3.30. The van der Waals surface area contributed by atoms with Gasteiger partial charge < -0.3 is 25.1 Å². The molecule has 3 N–H and O–H groups in total. The molecule has 2 rings (SSSR count). The highest BCUT2D eigenvalue weighted by atomic mass is 16.5. The van der Waals surface area contributed by atoms with E-state index >= 15 is 0 Å². The van der Waals surface area contributed by atoms with Crippen molar-refractivity contribution in [2.75, 3.05) is 25.1 Å². The van der Waals surface area contributed by atoms with E-state index in [0.29, 0.717) is 30.2 Å². The van der Waals surface area contributed by atoms with Gasteiger partial charge in [-0.3, -0.25) is 0 Å². The third-order valence-electron chi connectivity index (χ3n) is 3.07. The van der Waals surface area contributed by atoms with Crippen LogP contribution in [0.1, 0.15) is 29.4 Å². The molecular weight excluding hydrogens is 262 g/mol. The fourth-order valence-corrected chi connectivity index (χ4v) is 2.08. The van der Waals surface area contributed by atoms with Crippen LogP contribution in [-0.2, 0) is 9.47 Å². The van der Waals surface area contributed by atoms with Crippen molar-refractivity contribution in [2.45, 2.75) is 26.3 Å². The number of carbonyl (C=O) groups is 2. The van der Waals surface area contributed by atoms with Crippen molar-refractivity contribution < 1.29 is 19.1 Å². The summed E-state index contributed by atoms with van der Waals surface area (Å²) < 4.78 is 10.2. The zero-order valence-corrected chi connectivity index (χ0v) is 11.6. The summed E-state index contributed by atoms with van der Waals surface area (Å²) in [5, 5.41) is 5.45. The first-order valence-electron chi connectivity index (χ1n) is 6.62. The molecule has 1 aliphatic rings. The standard InChI is InChI=1S/C13H19N3O4/c1-3-20-12(17)11-8(2)14-6-10(11)16-13(18)15-9-4-5-19-7-9/h6,9,14H,3-5,7H2,1-2H3,(H2,15,16,18). The summed E-state index contributed by atoms with van der Waals surface area (Å²) in [4.78, 5) is 26.6. The Morgan fingerprint density at radius 3 is 3.00 bits per heavy atom. The van der Waals surface area contributed by atoms with Gasteiger partial charge in [0.15, 0.2) is 0 Å². The molecule has 0 saturated carbocycles. The smallest absolute Gasteiger partial charge is 0.342 e. The fraction of sp³-hybridized carbons (Fsp3) is 0.538. The van der Waals surface area contributed by atoms with Gasteiger partial charge in [-0.25, -0.2) is 9.59 Å². The highest BCUT2D eigenvalue weighted by molar-refractivity contribution is 6.01. The van der Waals surface area contributed by atoms with Crippen LogP contribution in [0.25, 0.3) is 0 Å². The average molecular weight is 281 g/mol. The Labute approximate surface area is 117 Å². The minimum Gasteiger partial charge on any atom is -0.462 e. The monoisotopic (exact) mass is 281 g/mol. The maximum atomic E-state index is 11.9. The van der Waals surface area contributed by atoms with E-state index in [2.05, 4.69) is 15.6 Å². The van der Waals surface area contributed by atoms with Gasteiger partial charge in [0.05, 0.1) is 24.9 Å². The van der Waals surface area contributed by atoms with E-state index in [1.165, 1.54) is 0 Å². The Morgan fingerprint density at radius 2 is 2.35 bits per heavy atom. The molecule has 0 spiro atoms. The van der Waals surface area contributed by atoms with Gasteiger partial charge in [-0.15, -0.1) is 0 Å². The Hall–Kier alpha value is -2.02. The maximum Gasteiger partial charge on any atom is 0.342 e. The summed E-state index contributed by atoms with van der Waals surface area (Å²) in [5.74, 6) is -0.453. The zero-order valence-electron chi connectivity index (χ0n) is 11.6. The Bertz CT molecular complexity index is 492. The molecule has 1 aliphatic heterocycles. The third-order valence-corrected chi connectivity index (χ3v) is 3.07. The first-order valence-corrected chi connectivity index (χ1v) is 6.62. The predicted molar refractivity (Wildman–Crippen MR) is 72.9 cm³/mol. The van der Waals surface area contributed by atoms with Crippen molar-refractivity contribution in [1.82, 2.24) is 10.3 Å². The number of hydrogen-bond acceptors (Lipinski definition) is 4. The van der Waals surface area contributed by atoms with Crippen LogP contribution < -0.4 is 10.6 Å². The SMILES string of the molecule is CCOC(=O)c1c(NC(=O)NC2CCOC2)c[nH]c1C. The topological polar surface area (TPSA) is 92.4 Å². The van der Waals surface area contributed by atoms with Gasteiger partial charge in [0.25, 0.3) is 0 Å². The fourth-order valence-electron chi connectivity index (χ4n) is 2.08. The molecule has 0 bridgehead atoms. The van der Waals surface area contributed by atoms with Crippen molar-refractivity contribution >= 4 is 17.7 Å². The molecule has 1 unspecified atom stereocenters. The predicted octanol–water partition coefficient (Wildman–Crippen LogP) is 1.41. The van der Waals surface area contributed by atoms with Crippen LogP contribution in [-0.4, -0.2) is 42.8 Å². The number of amides is 2. The van der Waals surface area contributed by atoms with Gasteiger partial charge in [-0.2, -0.15) is 0 Å². The Morgan fingerprint density at radius 1 is 1.55 bits per heavy atom. The summed E-state index contributed by atoms with van der Waals surface area (Å²) in [7, 11) is 0. The number of aromatic nitrogens is 1. The molecule has 1 fully saturated rings. The lowest BCUT2D eigenvalue weighted by atomic mass is 10.2. The molecule has 0 radical (unpaired) electrons. The number of ether oxygens (including phenoxy) is 2. The van der Waals surface area contributed by atoms with Crippen molar-refractivity contribution in [3.8, 4) is 0 Å². The molecule has 0 aliphatic carbocycles. The second-order valence-electron chi connectivity index (χ2n) is 4.58. The van der Waals surface area contributed by atoms with E-state index in [1.54, 1.807) is 20.0 Å². The van der Waals surface area contributed by atoms with Crippen LogP contribution in [0.3, 0.4) is 0 Å². The number of anilines is 1. The number of aryl methyl sites for hydroxylation is 1. The lowest BCUT2D eigenvalue weighted by Crippen LogP contribution is -2.38. The van der Waals surface area contributed by atoms with Crippen LogP contribution in [0.4, 0.5) is 10.5 Å². The normalized spacial score (nSPS) is 17.8. The van der Waals surface area contributed by atoms with Gasteiger partial charge in [0.1, 0.15) is 5.56 Å². The first kappa shape index (κ1) is 14.4. The molecule has 2 amide bonds. The molecule has 7 heteroatoms. The molecule has 20 heavy (non-hydrogen) atoms. The second kappa shape index (κ2) is 6.42. The van der Waals surface area contributed by atoms with Crippen molar-refractivity contribution in [1.29, 1.82) is 0 Å². The van der Waals surface area contributed by atoms with E-state index in [1.807, 2.05) is 0 Å². The van der Waals surface area contributed by atoms with Crippen molar-refractivity contribution in [3.05, 3.63) is 17.5 Å². The number of nitrogens with one attached hydrogen (secondary N) is 3. The van der Waals surface area contributed by atoms with Gasteiger partial charge in [-0.05, 0) is 20.3 Å². The number of H-pyrrole nitrogens is 1. The van der Waals surface area contributed by atoms with Crippen LogP contribution >= 0.6 is 0 Å². The molecule has 1 aromatic rings. The lowest BCUT2D eigenvalue weighted by molar-refractivity contribution is 0.0527. The molecule has 7 nitrogen and oxygen atoms in total. The molecular formula is C13H19N3O4. The van der Waals surface area contributed by atoms with E-state index in [9.17, 15) is 9.59 Å². The number of esters is 1. The summed E-state index contributed by atoms with van der Waals surface area (Å²) in [6.07, 6.45) is 2.37. The van der Waals surface area contributed by atoms with Gasteiger partial charge in [0.2, 0.25) is 0 Å². The van der Waals surface area contributed by atoms with E-state index < -0.39 is 5.97 Å². The van der Waals surface area contributed by atoms with Crippen LogP contribution in [0.2, 0.25) is 0 Å². The summed E-state index contributed by atoms with van der Waals surface area (Å²) in [5.41, 5.74) is 1.42.